The molecular formula is C14H24N4O2S. The predicted octanol–water partition coefficient (Wildman–Crippen LogP) is 0.931. The molecule has 1 atom stereocenters. The number of hydrogen-bond acceptors (Lipinski definition) is 5. The SMILES string of the molecule is CNS(=O)(=O)c1ccc(N)c(NCC2CCCN(C)C2)c1. The highest BCUT2D eigenvalue weighted by Gasteiger charge is 2.18. The molecule has 1 aromatic carbocycles. The second-order valence-corrected chi connectivity index (χ2v) is 7.49. The summed E-state index contributed by atoms with van der Waals surface area (Å²) in [6.45, 7) is 3.01. The molecule has 118 valence electrons. The number of nitrogens with one attached hydrogen (secondary N) is 2. The summed E-state index contributed by atoms with van der Waals surface area (Å²) in [4.78, 5) is 2.55. The van der Waals surface area contributed by atoms with Crippen molar-refractivity contribution in [2.75, 3.05) is 44.8 Å². The highest BCUT2D eigenvalue weighted by molar-refractivity contribution is 7.89. The van der Waals surface area contributed by atoms with Gasteiger partial charge in [0.05, 0.1) is 16.3 Å². The summed E-state index contributed by atoms with van der Waals surface area (Å²) in [5.41, 5.74) is 7.17. The maximum absolute atomic E-state index is 11.8. The lowest BCUT2D eigenvalue weighted by molar-refractivity contribution is 0.217. The van der Waals surface area contributed by atoms with Crippen LogP contribution in [0.25, 0.3) is 0 Å². The van der Waals surface area contributed by atoms with Crippen molar-refractivity contribution in [1.82, 2.24) is 9.62 Å². The van der Waals surface area contributed by atoms with E-state index in [2.05, 4.69) is 22.0 Å². The summed E-state index contributed by atoms with van der Waals surface area (Å²) in [5, 5.41) is 3.30. The molecule has 6 nitrogen and oxygen atoms in total. The lowest BCUT2D eigenvalue weighted by Gasteiger charge is -2.30. The third kappa shape index (κ3) is 4.09. The Balaban J connectivity index is 2.07. The van der Waals surface area contributed by atoms with Gasteiger partial charge in [0, 0.05) is 13.1 Å². The Bertz CT molecular complexity index is 589. The first kappa shape index (κ1) is 16.1. The van der Waals surface area contributed by atoms with E-state index < -0.39 is 10.0 Å². The molecule has 0 radical (unpaired) electrons. The zero-order chi connectivity index (χ0) is 15.5. The van der Waals surface area contributed by atoms with E-state index in [9.17, 15) is 8.42 Å². The molecule has 1 aliphatic rings. The van der Waals surface area contributed by atoms with Gasteiger partial charge in [-0.3, -0.25) is 0 Å². The van der Waals surface area contributed by atoms with Gasteiger partial charge in [-0.25, -0.2) is 13.1 Å². The topological polar surface area (TPSA) is 87.5 Å². The van der Waals surface area contributed by atoms with E-state index in [0.29, 0.717) is 17.3 Å². The van der Waals surface area contributed by atoms with Crippen molar-refractivity contribution < 1.29 is 8.42 Å². The second-order valence-electron chi connectivity index (χ2n) is 5.61. The molecular weight excluding hydrogens is 288 g/mol. The predicted molar refractivity (Wildman–Crippen MR) is 85.8 cm³/mol. The van der Waals surface area contributed by atoms with E-state index >= 15 is 0 Å². The van der Waals surface area contributed by atoms with Gasteiger partial charge < -0.3 is 16.0 Å². The van der Waals surface area contributed by atoms with Crippen LogP contribution in [-0.2, 0) is 10.0 Å². The average Bonchev–Trinajstić information content (AvgIpc) is 2.46. The highest BCUT2D eigenvalue weighted by atomic mass is 32.2. The van der Waals surface area contributed by atoms with Crippen molar-refractivity contribution in [3.05, 3.63) is 18.2 Å². The van der Waals surface area contributed by atoms with Crippen LogP contribution in [-0.4, -0.2) is 47.0 Å². The number of hydrogen-bond donors (Lipinski definition) is 3. The molecule has 1 aliphatic heterocycles. The molecule has 0 saturated carbocycles. The minimum Gasteiger partial charge on any atom is -0.397 e. The monoisotopic (exact) mass is 312 g/mol. The van der Waals surface area contributed by atoms with Crippen LogP contribution >= 0.6 is 0 Å². The first-order chi connectivity index (χ1) is 9.92. The molecule has 2 rings (SSSR count). The Morgan fingerprint density at radius 1 is 1.43 bits per heavy atom. The van der Waals surface area contributed by atoms with E-state index in [1.54, 1.807) is 12.1 Å². The van der Waals surface area contributed by atoms with Gasteiger partial charge in [0.2, 0.25) is 10.0 Å². The van der Waals surface area contributed by atoms with Gasteiger partial charge in [-0.2, -0.15) is 0 Å². The Hall–Kier alpha value is -1.31. The molecule has 1 saturated heterocycles. The Labute approximate surface area is 126 Å². The van der Waals surface area contributed by atoms with Crippen LogP contribution in [0.3, 0.4) is 0 Å². The third-order valence-electron chi connectivity index (χ3n) is 3.91. The number of rotatable bonds is 5. The molecule has 21 heavy (non-hydrogen) atoms. The maximum atomic E-state index is 11.8. The Kier molecular flexibility index (Phi) is 5.08. The quantitative estimate of drug-likeness (QED) is 0.704. The van der Waals surface area contributed by atoms with Gasteiger partial charge in [0.1, 0.15) is 0 Å². The van der Waals surface area contributed by atoms with Crippen molar-refractivity contribution in [2.45, 2.75) is 17.7 Å². The first-order valence-corrected chi connectivity index (χ1v) is 8.66. The zero-order valence-corrected chi connectivity index (χ0v) is 13.4. The van der Waals surface area contributed by atoms with Gasteiger partial charge in [0.15, 0.2) is 0 Å². The molecule has 1 fully saturated rings. The number of piperidine rings is 1. The highest BCUT2D eigenvalue weighted by Crippen LogP contribution is 2.24. The molecule has 1 unspecified atom stereocenters. The third-order valence-corrected chi connectivity index (χ3v) is 5.32. The molecule has 4 N–H and O–H groups in total. The van der Waals surface area contributed by atoms with Gasteiger partial charge in [0.25, 0.3) is 0 Å². The van der Waals surface area contributed by atoms with Crippen LogP contribution in [0.15, 0.2) is 23.1 Å². The number of anilines is 2. The van der Waals surface area contributed by atoms with Crippen molar-refractivity contribution in [3.8, 4) is 0 Å². The minimum absolute atomic E-state index is 0.225. The Morgan fingerprint density at radius 3 is 2.86 bits per heavy atom. The van der Waals surface area contributed by atoms with Gasteiger partial charge in [-0.05, 0) is 57.6 Å². The smallest absolute Gasteiger partial charge is 0.240 e. The number of nitrogens with two attached hydrogens (primary N) is 1. The molecule has 0 bridgehead atoms. The van der Waals surface area contributed by atoms with Crippen molar-refractivity contribution in [1.29, 1.82) is 0 Å². The number of nitrogens with zero attached hydrogens (tertiary/aromatic N) is 1. The second kappa shape index (κ2) is 6.64. The lowest BCUT2D eigenvalue weighted by atomic mass is 9.98. The minimum atomic E-state index is -3.44. The largest absolute Gasteiger partial charge is 0.397 e. The van der Waals surface area contributed by atoms with E-state index in [1.165, 1.54) is 26.0 Å². The number of likely N-dealkylation sites (tertiary alicyclic amines) is 1. The summed E-state index contributed by atoms with van der Waals surface area (Å²) in [5.74, 6) is 0.563. The first-order valence-electron chi connectivity index (χ1n) is 7.18. The van der Waals surface area contributed by atoms with Crippen LogP contribution < -0.4 is 15.8 Å². The molecule has 0 spiro atoms. The fraction of sp³-hybridized carbons (Fsp3) is 0.571. The fourth-order valence-electron chi connectivity index (χ4n) is 2.67. The lowest BCUT2D eigenvalue weighted by Crippen LogP contribution is -2.35. The molecule has 0 aliphatic carbocycles. The van der Waals surface area contributed by atoms with Gasteiger partial charge >= 0.3 is 0 Å². The van der Waals surface area contributed by atoms with E-state index in [1.807, 2.05) is 0 Å². The van der Waals surface area contributed by atoms with Gasteiger partial charge in [-0.1, -0.05) is 0 Å². The van der Waals surface area contributed by atoms with E-state index in [4.69, 9.17) is 5.73 Å². The molecule has 0 aromatic heterocycles. The normalized spacial score (nSPS) is 20.4. The van der Waals surface area contributed by atoms with Crippen molar-refractivity contribution in [2.24, 2.45) is 5.92 Å². The van der Waals surface area contributed by atoms with Gasteiger partial charge in [-0.15, -0.1) is 0 Å². The van der Waals surface area contributed by atoms with E-state index in [-0.39, 0.29) is 4.90 Å². The van der Waals surface area contributed by atoms with E-state index in [0.717, 1.165) is 19.6 Å². The number of sulfonamides is 1. The summed E-state index contributed by atoms with van der Waals surface area (Å²) in [6.07, 6.45) is 2.39. The molecule has 7 heteroatoms. The van der Waals surface area contributed by atoms with Crippen LogP contribution in [0.1, 0.15) is 12.8 Å². The Morgan fingerprint density at radius 2 is 2.19 bits per heavy atom. The summed E-state index contributed by atoms with van der Waals surface area (Å²) >= 11 is 0. The molecule has 1 aromatic rings. The number of nitrogen functional groups attached to an aromatic ring is 1. The zero-order valence-electron chi connectivity index (χ0n) is 12.6. The fourth-order valence-corrected chi connectivity index (χ4v) is 3.42. The van der Waals surface area contributed by atoms with Crippen LogP contribution in [0.5, 0.6) is 0 Å². The molecule has 1 heterocycles. The van der Waals surface area contributed by atoms with Crippen molar-refractivity contribution >= 4 is 21.4 Å². The maximum Gasteiger partial charge on any atom is 0.240 e. The molecule has 0 amide bonds. The standard InChI is InChI=1S/C14H24N4O2S/c1-16-21(19,20)12-5-6-13(15)14(8-12)17-9-11-4-3-7-18(2)10-11/h5-6,8,11,16-17H,3-4,7,9-10,15H2,1-2H3. The summed E-state index contributed by atoms with van der Waals surface area (Å²) in [7, 11) is 0.0819. The summed E-state index contributed by atoms with van der Waals surface area (Å²) < 4.78 is 26.0. The summed E-state index contributed by atoms with van der Waals surface area (Å²) in [6, 6.07) is 4.73. The van der Waals surface area contributed by atoms with Crippen LogP contribution in [0, 0.1) is 5.92 Å². The number of benzene rings is 1. The van der Waals surface area contributed by atoms with Crippen LogP contribution in [0.2, 0.25) is 0 Å². The van der Waals surface area contributed by atoms with Crippen molar-refractivity contribution in [3.63, 3.8) is 0 Å². The average molecular weight is 312 g/mol. The van der Waals surface area contributed by atoms with Crippen LogP contribution in [0.4, 0.5) is 11.4 Å².